The first-order valence-corrected chi connectivity index (χ1v) is 9.17. The molecule has 0 unspecified atom stereocenters. The molecule has 158 valence electrons. The first-order valence-electron chi connectivity index (χ1n) is 9.17. The normalized spacial score (nSPS) is 12.8. The molecule has 0 aromatic heterocycles. The number of hydrogen-bond acceptors (Lipinski definition) is 5. The van der Waals surface area contributed by atoms with Crippen molar-refractivity contribution < 1.29 is 19.0 Å². The SMILES string of the molecule is CN=C(NCCCNC(=O)OC(C)(C)C)NCCc1ccc2c(c1)OCO2.I. The van der Waals surface area contributed by atoms with Crippen LogP contribution in [0.15, 0.2) is 23.2 Å². The van der Waals surface area contributed by atoms with E-state index in [0.717, 1.165) is 36.8 Å². The molecular formula is C19H31IN4O4. The maximum atomic E-state index is 11.6. The highest BCUT2D eigenvalue weighted by atomic mass is 127. The van der Waals surface area contributed by atoms with Gasteiger partial charge in [-0.05, 0) is 51.3 Å². The van der Waals surface area contributed by atoms with Crippen LogP contribution in [0.4, 0.5) is 4.79 Å². The van der Waals surface area contributed by atoms with Crippen LogP contribution in [-0.4, -0.2) is 51.1 Å². The average Bonchev–Trinajstić information content (AvgIpc) is 3.06. The van der Waals surface area contributed by atoms with Crippen LogP contribution in [-0.2, 0) is 11.2 Å². The highest BCUT2D eigenvalue weighted by molar-refractivity contribution is 14.0. The van der Waals surface area contributed by atoms with Crippen LogP contribution in [0.25, 0.3) is 0 Å². The highest BCUT2D eigenvalue weighted by Crippen LogP contribution is 2.32. The van der Waals surface area contributed by atoms with Crippen LogP contribution >= 0.6 is 24.0 Å². The standard InChI is InChI=1S/C19H30N4O4.HI/c1-19(2,3)27-18(24)23-10-5-9-21-17(20-4)22-11-8-14-6-7-15-16(12-14)26-13-25-15;/h6-7,12H,5,8-11,13H2,1-4H3,(H,23,24)(H2,20,21,22);1H. The number of rotatable bonds is 7. The van der Waals surface area contributed by atoms with Crippen LogP contribution in [0.5, 0.6) is 11.5 Å². The molecule has 1 amide bonds. The summed E-state index contributed by atoms with van der Waals surface area (Å²) in [6.07, 6.45) is 1.22. The monoisotopic (exact) mass is 506 g/mol. The molecule has 0 fully saturated rings. The van der Waals surface area contributed by atoms with Gasteiger partial charge in [0.25, 0.3) is 0 Å². The van der Waals surface area contributed by atoms with Gasteiger partial charge in [-0.15, -0.1) is 24.0 Å². The molecule has 1 aromatic rings. The van der Waals surface area contributed by atoms with Crippen molar-refractivity contribution in [2.24, 2.45) is 4.99 Å². The van der Waals surface area contributed by atoms with Crippen molar-refractivity contribution in [2.45, 2.75) is 39.2 Å². The number of nitrogens with one attached hydrogen (secondary N) is 3. The van der Waals surface area contributed by atoms with Gasteiger partial charge in [-0.25, -0.2) is 4.79 Å². The minimum absolute atomic E-state index is 0. The van der Waals surface area contributed by atoms with Crippen molar-refractivity contribution in [3.05, 3.63) is 23.8 Å². The van der Waals surface area contributed by atoms with E-state index in [4.69, 9.17) is 14.2 Å². The number of carbonyl (C=O) groups is 1. The highest BCUT2D eigenvalue weighted by Gasteiger charge is 2.15. The lowest BCUT2D eigenvalue weighted by molar-refractivity contribution is 0.0527. The molecule has 9 heteroatoms. The van der Waals surface area contributed by atoms with Crippen molar-refractivity contribution in [3.8, 4) is 11.5 Å². The van der Waals surface area contributed by atoms with Crippen molar-refractivity contribution in [1.82, 2.24) is 16.0 Å². The topological polar surface area (TPSA) is 93.2 Å². The molecular weight excluding hydrogens is 475 g/mol. The molecule has 0 saturated carbocycles. The molecule has 1 heterocycles. The summed E-state index contributed by atoms with van der Waals surface area (Å²) in [5, 5.41) is 9.23. The minimum atomic E-state index is -0.480. The molecule has 3 N–H and O–H groups in total. The Hall–Kier alpha value is -1.91. The minimum Gasteiger partial charge on any atom is -0.454 e. The lowest BCUT2D eigenvalue weighted by Crippen LogP contribution is -2.40. The molecule has 0 aliphatic carbocycles. The molecule has 1 aromatic carbocycles. The second-order valence-corrected chi connectivity index (χ2v) is 7.15. The molecule has 0 saturated heterocycles. The molecule has 1 aliphatic heterocycles. The zero-order valence-corrected chi connectivity index (χ0v) is 19.3. The van der Waals surface area contributed by atoms with Crippen molar-refractivity contribution >= 4 is 36.0 Å². The van der Waals surface area contributed by atoms with Gasteiger partial charge in [0.15, 0.2) is 17.5 Å². The van der Waals surface area contributed by atoms with Gasteiger partial charge in [0, 0.05) is 26.7 Å². The molecule has 0 atom stereocenters. The number of alkyl carbamates (subject to hydrolysis) is 1. The molecule has 1 aliphatic rings. The number of nitrogens with zero attached hydrogens (tertiary/aromatic N) is 1. The zero-order chi connectivity index (χ0) is 19.7. The summed E-state index contributed by atoms with van der Waals surface area (Å²) in [5.41, 5.74) is 0.690. The second kappa shape index (κ2) is 11.8. The van der Waals surface area contributed by atoms with Crippen LogP contribution in [0.2, 0.25) is 0 Å². The van der Waals surface area contributed by atoms with E-state index in [1.54, 1.807) is 7.05 Å². The lowest BCUT2D eigenvalue weighted by atomic mass is 10.1. The number of hydrogen-bond donors (Lipinski definition) is 3. The number of benzene rings is 1. The van der Waals surface area contributed by atoms with Gasteiger partial charge < -0.3 is 30.2 Å². The lowest BCUT2D eigenvalue weighted by Gasteiger charge is -2.19. The van der Waals surface area contributed by atoms with Gasteiger partial charge in [0.1, 0.15) is 5.60 Å². The summed E-state index contributed by atoms with van der Waals surface area (Å²) in [6.45, 7) is 7.79. The first-order chi connectivity index (χ1) is 12.9. The Balaban J connectivity index is 0.00000392. The third kappa shape index (κ3) is 8.85. The van der Waals surface area contributed by atoms with Gasteiger partial charge in [0.2, 0.25) is 6.79 Å². The summed E-state index contributed by atoms with van der Waals surface area (Å²) >= 11 is 0. The summed E-state index contributed by atoms with van der Waals surface area (Å²) in [4.78, 5) is 15.7. The summed E-state index contributed by atoms with van der Waals surface area (Å²) in [7, 11) is 1.73. The van der Waals surface area contributed by atoms with E-state index in [1.807, 2.05) is 39.0 Å². The average molecular weight is 506 g/mol. The van der Waals surface area contributed by atoms with Crippen LogP contribution in [0.3, 0.4) is 0 Å². The zero-order valence-electron chi connectivity index (χ0n) is 17.0. The Kier molecular flexibility index (Phi) is 10.2. The fourth-order valence-corrected chi connectivity index (χ4v) is 2.44. The number of halogens is 1. The molecule has 0 radical (unpaired) electrons. The second-order valence-electron chi connectivity index (χ2n) is 7.15. The first kappa shape index (κ1) is 24.1. The Morgan fingerprint density at radius 2 is 1.79 bits per heavy atom. The quantitative estimate of drug-likeness (QED) is 0.228. The maximum absolute atomic E-state index is 11.6. The number of carbonyl (C=O) groups excluding carboxylic acids is 1. The maximum Gasteiger partial charge on any atom is 0.407 e. The number of guanidine groups is 1. The van der Waals surface area contributed by atoms with Gasteiger partial charge in [-0.3, -0.25) is 4.99 Å². The van der Waals surface area contributed by atoms with Gasteiger partial charge in [-0.1, -0.05) is 6.07 Å². The fraction of sp³-hybridized carbons (Fsp3) is 0.579. The van der Waals surface area contributed by atoms with E-state index in [0.29, 0.717) is 13.1 Å². The molecule has 0 bridgehead atoms. The third-order valence-electron chi connectivity index (χ3n) is 3.68. The summed E-state index contributed by atoms with van der Waals surface area (Å²) in [5.74, 6) is 2.32. The predicted octanol–water partition coefficient (Wildman–Crippen LogP) is 2.66. The van der Waals surface area contributed by atoms with E-state index in [9.17, 15) is 4.79 Å². The fourth-order valence-electron chi connectivity index (χ4n) is 2.44. The Morgan fingerprint density at radius 1 is 1.11 bits per heavy atom. The van der Waals surface area contributed by atoms with E-state index in [1.165, 1.54) is 5.56 Å². The Labute approximate surface area is 183 Å². The summed E-state index contributed by atoms with van der Waals surface area (Å²) < 4.78 is 15.9. The van der Waals surface area contributed by atoms with E-state index >= 15 is 0 Å². The van der Waals surface area contributed by atoms with E-state index in [-0.39, 0.29) is 30.8 Å². The molecule has 8 nitrogen and oxygen atoms in total. The molecule has 0 spiro atoms. The van der Waals surface area contributed by atoms with Crippen LogP contribution in [0.1, 0.15) is 32.8 Å². The number of aliphatic imine (C=N–C) groups is 1. The van der Waals surface area contributed by atoms with Crippen LogP contribution < -0.4 is 25.4 Å². The molecule has 2 rings (SSSR count). The summed E-state index contributed by atoms with van der Waals surface area (Å²) in [6, 6.07) is 5.97. The van der Waals surface area contributed by atoms with E-state index < -0.39 is 11.7 Å². The largest absolute Gasteiger partial charge is 0.454 e. The van der Waals surface area contributed by atoms with E-state index in [2.05, 4.69) is 20.9 Å². The van der Waals surface area contributed by atoms with Gasteiger partial charge in [0.05, 0.1) is 0 Å². The Bertz CT molecular complexity index is 662. The molecule has 28 heavy (non-hydrogen) atoms. The van der Waals surface area contributed by atoms with Crippen LogP contribution in [0, 0.1) is 0 Å². The number of fused-ring (bicyclic) bond motifs is 1. The van der Waals surface area contributed by atoms with Crippen molar-refractivity contribution in [3.63, 3.8) is 0 Å². The van der Waals surface area contributed by atoms with Crippen molar-refractivity contribution in [2.75, 3.05) is 33.5 Å². The third-order valence-corrected chi connectivity index (χ3v) is 3.68. The number of amides is 1. The number of ether oxygens (including phenoxy) is 3. The smallest absolute Gasteiger partial charge is 0.407 e. The van der Waals surface area contributed by atoms with Crippen molar-refractivity contribution in [1.29, 1.82) is 0 Å². The van der Waals surface area contributed by atoms with Gasteiger partial charge in [-0.2, -0.15) is 0 Å². The Morgan fingerprint density at radius 3 is 2.50 bits per heavy atom. The van der Waals surface area contributed by atoms with Gasteiger partial charge >= 0.3 is 6.09 Å². The predicted molar refractivity (Wildman–Crippen MR) is 120 cm³/mol.